The molecular formula is C16H15N3OS2. The molecule has 0 spiro atoms. The second-order valence-electron chi connectivity index (χ2n) is 4.81. The molecule has 0 atom stereocenters. The van der Waals surface area contributed by atoms with Gasteiger partial charge in [0.1, 0.15) is 0 Å². The van der Waals surface area contributed by atoms with Crippen LogP contribution in [0, 0.1) is 13.8 Å². The van der Waals surface area contributed by atoms with Crippen LogP contribution in [0.1, 0.15) is 21.7 Å². The summed E-state index contributed by atoms with van der Waals surface area (Å²) in [5, 5.41) is 3.70. The number of rotatable bonds is 5. The molecule has 0 saturated heterocycles. The molecule has 3 aromatic heterocycles. The van der Waals surface area contributed by atoms with Gasteiger partial charge < -0.3 is 0 Å². The fourth-order valence-electron chi connectivity index (χ4n) is 2.32. The summed E-state index contributed by atoms with van der Waals surface area (Å²) in [7, 11) is 0. The Hall–Kier alpha value is -1.92. The number of carbonyl (C=O) groups excluding carboxylic acids is 1. The first-order valence-corrected chi connectivity index (χ1v) is 8.69. The van der Waals surface area contributed by atoms with Gasteiger partial charge in [0.05, 0.1) is 10.8 Å². The lowest BCUT2D eigenvalue weighted by Gasteiger charge is -2.05. The van der Waals surface area contributed by atoms with Crippen molar-refractivity contribution in [1.82, 2.24) is 14.5 Å². The highest BCUT2D eigenvalue weighted by Crippen LogP contribution is 2.24. The number of aromatic nitrogens is 3. The first-order valence-electron chi connectivity index (χ1n) is 6.82. The van der Waals surface area contributed by atoms with Gasteiger partial charge in [-0.2, -0.15) is 0 Å². The van der Waals surface area contributed by atoms with Gasteiger partial charge in [-0.25, -0.2) is 9.97 Å². The molecular weight excluding hydrogens is 314 g/mol. The van der Waals surface area contributed by atoms with E-state index in [0.717, 1.165) is 27.1 Å². The van der Waals surface area contributed by atoms with Gasteiger partial charge in [0.2, 0.25) is 0 Å². The number of aryl methyl sites for hydroxylation is 1. The summed E-state index contributed by atoms with van der Waals surface area (Å²) in [5.74, 6) is 0.505. The Balaban J connectivity index is 1.80. The van der Waals surface area contributed by atoms with Gasteiger partial charge in [-0.3, -0.25) is 9.36 Å². The number of carbonyl (C=O) groups is 1. The van der Waals surface area contributed by atoms with E-state index in [4.69, 9.17) is 0 Å². The van der Waals surface area contributed by atoms with Crippen LogP contribution in [0.5, 0.6) is 0 Å². The Morgan fingerprint density at radius 1 is 1.27 bits per heavy atom. The van der Waals surface area contributed by atoms with Gasteiger partial charge in [0.15, 0.2) is 10.9 Å². The topological polar surface area (TPSA) is 47.8 Å². The molecule has 3 rings (SSSR count). The Bertz CT molecular complexity index is 779. The molecule has 0 unspecified atom stereocenters. The molecule has 22 heavy (non-hydrogen) atoms. The van der Waals surface area contributed by atoms with Crippen molar-refractivity contribution in [2.75, 3.05) is 5.75 Å². The average Bonchev–Trinajstić information content (AvgIpc) is 3.14. The van der Waals surface area contributed by atoms with Gasteiger partial charge in [-0.05, 0) is 32.0 Å². The predicted molar refractivity (Wildman–Crippen MR) is 90.2 cm³/mol. The summed E-state index contributed by atoms with van der Waals surface area (Å²) in [5.41, 5.74) is 2.73. The van der Waals surface area contributed by atoms with E-state index >= 15 is 0 Å². The van der Waals surface area contributed by atoms with Crippen molar-refractivity contribution in [3.8, 4) is 5.13 Å². The Labute approximate surface area is 137 Å². The molecule has 0 amide bonds. The lowest BCUT2D eigenvalue weighted by Crippen LogP contribution is -2.05. The molecule has 0 bridgehead atoms. The first-order chi connectivity index (χ1) is 10.7. The molecule has 3 heterocycles. The fraction of sp³-hybridized carbons (Fsp3) is 0.188. The number of ketones is 1. The number of nitrogens with zero attached hydrogens (tertiary/aromatic N) is 3. The summed E-state index contributed by atoms with van der Waals surface area (Å²) in [6, 6.07) is 7.65. The molecule has 0 aromatic carbocycles. The van der Waals surface area contributed by atoms with Gasteiger partial charge in [0, 0.05) is 34.7 Å². The second kappa shape index (κ2) is 6.46. The van der Waals surface area contributed by atoms with Crippen molar-refractivity contribution in [2.24, 2.45) is 0 Å². The summed E-state index contributed by atoms with van der Waals surface area (Å²) in [6.45, 7) is 3.96. The zero-order valence-corrected chi connectivity index (χ0v) is 13.9. The van der Waals surface area contributed by atoms with Crippen molar-refractivity contribution in [3.05, 3.63) is 59.0 Å². The normalized spacial score (nSPS) is 10.8. The highest BCUT2D eigenvalue weighted by molar-refractivity contribution is 7.99. The Kier molecular flexibility index (Phi) is 4.40. The maximum atomic E-state index is 12.5. The molecule has 4 nitrogen and oxygen atoms in total. The van der Waals surface area contributed by atoms with E-state index in [1.807, 2.05) is 48.1 Å². The van der Waals surface area contributed by atoms with Gasteiger partial charge >= 0.3 is 0 Å². The van der Waals surface area contributed by atoms with Crippen LogP contribution in [0.2, 0.25) is 0 Å². The van der Waals surface area contributed by atoms with E-state index in [1.165, 1.54) is 11.8 Å². The van der Waals surface area contributed by atoms with E-state index in [0.29, 0.717) is 5.75 Å². The van der Waals surface area contributed by atoms with Gasteiger partial charge in [-0.15, -0.1) is 11.3 Å². The number of hydrogen-bond donors (Lipinski definition) is 0. The molecule has 0 aliphatic rings. The van der Waals surface area contributed by atoms with Crippen molar-refractivity contribution in [1.29, 1.82) is 0 Å². The fourth-order valence-corrected chi connectivity index (χ4v) is 3.81. The molecule has 112 valence electrons. The SMILES string of the molecule is Cc1cc(C(=O)CSc2ccccn2)c(C)n1-c1nccs1. The largest absolute Gasteiger partial charge is 0.294 e. The minimum atomic E-state index is 0.117. The van der Waals surface area contributed by atoms with Crippen LogP contribution < -0.4 is 0 Å². The van der Waals surface area contributed by atoms with Crippen LogP contribution in [-0.2, 0) is 0 Å². The minimum Gasteiger partial charge on any atom is -0.294 e. The summed E-state index contributed by atoms with van der Waals surface area (Å²) in [4.78, 5) is 21.1. The smallest absolute Gasteiger partial charge is 0.193 e. The highest BCUT2D eigenvalue weighted by atomic mass is 32.2. The zero-order valence-electron chi connectivity index (χ0n) is 12.3. The Morgan fingerprint density at radius 3 is 2.82 bits per heavy atom. The maximum Gasteiger partial charge on any atom is 0.193 e. The summed E-state index contributed by atoms with van der Waals surface area (Å²) in [6.07, 6.45) is 3.51. The third kappa shape index (κ3) is 2.98. The first kappa shape index (κ1) is 15.0. The van der Waals surface area contributed by atoms with E-state index < -0.39 is 0 Å². The Morgan fingerprint density at radius 2 is 2.14 bits per heavy atom. The number of Topliss-reactive ketones (excluding diaryl/α,β-unsaturated/α-hetero) is 1. The van der Waals surface area contributed by atoms with Crippen LogP contribution in [0.4, 0.5) is 0 Å². The molecule has 0 fully saturated rings. The average molecular weight is 329 g/mol. The van der Waals surface area contributed by atoms with Crippen LogP contribution in [-0.4, -0.2) is 26.1 Å². The lowest BCUT2D eigenvalue weighted by molar-refractivity contribution is 0.102. The molecule has 3 aromatic rings. The molecule has 0 aliphatic heterocycles. The molecule has 0 saturated carbocycles. The monoisotopic (exact) mass is 329 g/mol. The van der Waals surface area contributed by atoms with Crippen molar-refractivity contribution >= 4 is 28.9 Å². The second-order valence-corrected chi connectivity index (χ2v) is 6.68. The molecule has 0 N–H and O–H groups in total. The van der Waals surface area contributed by atoms with Crippen LogP contribution in [0.3, 0.4) is 0 Å². The lowest BCUT2D eigenvalue weighted by atomic mass is 10.2. The predicted octanol–water partition coefficient (Wildman–Crippen LogP) is 3.92. The number of pyridine rings is 1. The van der Waals surface area contributed by atoms with E-state index in [9.17, 15) is 4.79 Å². The summed E-state index contributed by atoms with van der Waals surface area (Å²) < 4.78 is 2.03. The van der Waals surface area contributed by atoms with E-state index in [2.05, 4.69) is 9.97 Å². The minimum absolute atomic E-state index is 0.117. The van der Waals surface area contributed by atoms with E-state index in [1.54, 1.807) is 23.7 Å². The molecule has 0 aliphatic carbocycles. The van der Waals surface area contributed by atoms with Crippen LogP contribution in [0.25, 0.3) is 5.13 Å². The third-order valence-corrected chi connectivity index (χ3v) is 5.03. The molecule has 6 heteroatoms. The van der Waals surface area contributed by atoms with Crippen LogP contribution in [0.15, 0.2) is 47.1 Å². The zero-order chi connectivity index (χ0) is 15.5. The summed E-state index contributed by atoms with van der Waals surface area (Å²) >= 11 is 3.03. The number of thioether (sulfide) groups is 1. The van der Waals surface area contributed by atoms with Gasteiger partial charge in [-0.1, -0.05) is 17.8 Å². The molecule has 0 radical (unpaired) electrons. The number of hydrogen-bond acceptors (Lipinski definition) is 5. The van der Waals surface area contributed by atoms with Crippen molar-refractivity contribution in [2.45, 2.75) is 18.9 Å². The van der Waals surface area contributed by atoms with Crippen LogP contribution >= 0.6 is 23.1 Å². The third-order valence-electron chi connectivity index (χ3n) is 3.33. The maximum absolute atomic E-state index is 12.5. The van der Waals surface area contributed by atoms with Crippen molar-refractivity contribution < 1.29 is 4.79 Å². The van der Waals surface area contributed by atoms with E-state index in [-0.39, 0.29) is 5.78 Å². The number of thiazole rings is 1. The van der Waals surface area contributed by atoms with Crippen molar-refractivity contribution in [3.63, 3.8) is 0 Å². The standard InChI is InChI=1S/C16H15N3OS2/c1-11-9-13(12(2)19(11)16-18-7-8-21-16)14(20)10-22-15-5-3-4-6-17-15/h3-9H,10H2,1-2H3. The highest BCUT2D eigenvalue weighted by Gasteiger charge is 2.17. The quantitative estimate of drug-likeness (QED) is 0.526. The van der Waals surface area contributed by atoms with Gasteiger partial charge in [0.25, 0.3) is 0 Å².